The Balaban J connectivity index is 0.00000225. The molecule has 0 radical (unpaired) electrons. The number of aromatic nitrogens is 1. The van der Waals surface area contributed by atoms with Crippen molar-refractivity contribution in [3.63, 3.8) is 0 Å². The predicted molar refractivity (Wildman–Crippen MR) is 111 cm³/mol. The largest absolute Gasteiger partial charge is 0.313 e. The molecule has 0 spiro atoms. The van der Waals surface area contributed by atoms with E-state index in [1.54, 1.807) is 4.57 Å². The number of nitrogens with one attached hydrogen (secondary N) is 1. The molecule has 0 aliphatic heterocycles. The van der Waals surface area contributed by atoms with Gasteiger partial charge in [-0.2, -0.15) is 0 Å². The molecule has 3 rings (SSSR count). The normalized spacial score (nSPS) is 10.8. The molecular weight excluding hydrogens is 399 g/mol. The summed E-state index contributed by atoms with van der Waals surface area (Å²) in [4.78, 5) is 11.8. The lowest BCUT2D eigenvalue weighted by atomic mass is 10.1. The SMILES string of the molecule is Cl.Cn1c(=O)sc2cc(CCCNCc3ccc(Cl)c(Cl)c3)ccc21. The fourth-order valence-corrected chi connectivity index (χ4v) is 3.90. The highest BCUT2D eigenvalue weighted by molar-refractivity contribution is 7.16. The summed E-state index contributed by atoms with van der Waals surface area (Å²) in [7, 11) is 1.81. The van der Waals surface area contributed by atoms with Gasteiger partial charge in [0.1, 0.15) is 0 Å². The first kappa shape index (κ1) is 20.3. The van der Waals surface area contributed by atoms with Gasteiger partial charge in [0.15, 0.2) is 0 Å². The molecule has 2 aromatic carbocycles. The molecule has 7 heteroatoms. The highest BCUT2D eigenvalue weighted by Crippen LogP contribution is 2.22. The van der Waals surface area contributed by atoms with Gasteiger partial charge in [-0.3, -0.25) is 4.79 Å². The monoisotopic (exact) mass is 416 g/mol. The number of hydrogen-bond acceptors (Lipinski definition) is 3. The van der Waals surface area contributed by atoms with Gasteiger partial charge in [-0.05, 0) is 54.8 Å². The van der Waals surface area contributed by atoms with Crippen LogP contribution in [0.25, 0.3) is 10.2 Å². The van der Waals surface area contributed by atoms with Gasteiger partial charge in [-0.15, -0.1) is 12.4 Å². The Kier molecular flexibility index (Phi) is 7.35. The van der Waals surface area contributed by atoms with Crippen LogP contribution in [0.4, 0.5) is 0 Å². The molecule has 1 heterocycles. The van der Waals surface area contributed by atoms with Crippen molar-refractivity contribution in [2.24, 2.45) is 7.05 Å². The summed E-state index contributed by atoms with van der Waals surface area (Å²) >= 11 is 13.2. The smallest absolute Gasteiger partial charge is 0.307 e. The van der Waals surface area contributed by atoms with Gasteiger partial charge in [0, 0.05) is 13.6 Å². The molecule has 3 nitrogen and oxygen atoms in total. The quantitative estimate of drug-likeness (QED) is 0.569. The van der Waals surface area contributed by atoms with Gasteiger partial charge in [0.2, 0.25) is 0 Å². The standard InChI is InChI=1S/C18H18Cl2N2OS.ClH/c1-22-16-7-5-12(10-17(16)24-18(22)23)3-2-8-21-11-13-4-6-14(19)15(20)9-13;/h4-7,9-10,21H,2-3,8,11H2,1H3;1H. The maximum atomic E-state index is 11.7. The topological polar surface area (TPSA) is 34.0 Å². The molecule has 1 aromatic heterocycles. The van der Waals surface area contributed by atoms with Crippen LogP contribution in [0, 0.1) is 0 Å². The molecule has 0 aliphatic carbocycles. The Labute approximate surface area is 167 Å². The van der Waals surface area contributed by atoms with Gasteiger partial charge in [0.05, 0.1) is 20.3 Å². The van der Waals surface area contributed by atoms with Gasteiger partial charge in [0.25, 0.3) is 0 Å². The summed E-state index contributed by atoms with van der Waals surface area (Å²) < 4.78 is 2.76. The van der Waals surface area contributed by atoms with Crippen molar-refractivity contribution >= 4 is 57.2 Å². The maximum absolute atomic E-state index is 11.7. The molecule has 0 fully saturated rings. The van der Waals surface area contributed by atoms with E-state index in [-0.39, 0.29) is 17.3 Å². The van der Waals surface area contributed by atoms with Gasteiger partial charge in [-0.1, -0.05) is 46.7 Å². The van der Waals surface area contributed by atoms with E-state index in [0.29, 0.717) is 10.0 Å². The first-order valence-electron chi connectivity index (χ1n) is 7.78. The Hall–Kier alpha value is -1.04. The van der Waals surface area contributed by atoms with Crippen LogP contribution in [0.3, 0.4) is 0 Å². The number of nitrogens with zero attached hydrogens (tertiary/aromatic N) is 1. The lowest BCUT2D eigenvalue weighted by Gasteiger charge is -2.06. The third-order valence-corrected chi connectivity index (χ3v) is 5.72. The first-order chi connectivity index (χ1) is 11.5. The van der Waals surface area contributed by atoms with Crippen LogP contribution in [-0.4, -0.2) is 11.1 Å². The van der Waals surface area contributed by atoms with E-state index in [9.17, 15) is 4.79 Å². The van der Waals surface area contributed by atoms with E-state index in [2.05, 4.69) is 17.4 Å². The van der Waals surface area contributed by atoms with Crippen LogP contribution in [0.1, 0.15) is 17.5 Å². The minimum atomic E-state index is 0. The molecule has 0 saturated carbocycles. The van der Waals surface area contributed by atoms with E-state index in [1.807, 2.05) is 31.3 Å². The van der Waals surface area contributed by atoms with Crippen molar-refractivity contribution in [1.29, 1.82) is 0 Å². The molecule has 0 amide bonds. The number of halogens is 3. The van der Waals surface area contributed by atoms with Gasteiger partial charge >= 0.3 is 4.87 Å². The van der Waals surface area contributed by atoms with Crippen LogP contribution in [0.15, 0.2) is 41.2 Å². The third-order valence-electron chi connectivity index (χ3n) is 3.99. The third kappa shape index (κ3) is 4.99. The summed E-state index contributed by atoms with van der Waals surface area (Å²) in [5.41, 5.74) is 3.40. The van der Waals surface area contributed by atoms with Gasteiger partial charge in [-0.25, -0.2) is 0 Å². The van der Waals surface area contributed by atoms with Crippen LogP contribution in [0.2, 0.25) is 10.0 Å². The Bertz CT molecular complexity index is 920. The zero-order valence-corrected chi connectivity index (χ0v) is 16.9. The number of aryl methyl sites for hydroxylation is 2. The van der Waals surface area contributed by atoms with Crippen molar-refractivity contribution in [3.05, 3.63) is 67.2 Å². The molecule has 1 N–H and O–H groups in total. The first-order valence-corrected chi connectivity index (χ1v) is 9.35. The average Bonchev–Trinajstić information content (AvgIpc) is 2.84. The second-order valence-electron chi connectivity index (χ2n) is 5.76. The average molecular weight is 418 g/mol. The minimum absolute atomic E-state index is 0. The van der Waals surface area contributed by atoms with Crippen LogP contribution in [0.5, 0.6) is 0 Å². The fraction of sp³-hybridized carbons (Fsp3) is 0.278. The molecule has 3 aromatic rings. The van der Waals surface area contributed by atoms with Crippen molar-refractivity contribution in [1.82, 2.24) is 9.88 Å². The molecule has 0 saturated heterocycles. The van der Waals surface area contributed by atoms with E-state index in [4.69, 9.17) is 23.2 Å². The number of thiazole rings is 1. The van der Waals surface area contributed by atoms with E-state index in [0.717, 1.165) is 41.7 Å². The molecule has 0 bridgehead atoms. The Morgan fingerprint density at radius 1 is 1.08 bits per heavy atom. The Morgan fingerprint density at radius 2 is 1.84 bits per heavy atom. The number of benzene rings is 2. The van der Waals surface area contributed by atoms with Crippen molar-refractivity contribution in [3.8, 4) is 0 Å². The summed E-state index contributed by atoms with van der Waals surface area (Å²) in [5.74, 6) is 0. The van der Waals surface area contributed by atoms with Gasteiger partial charge < -0.3 is 9.88 Å². The summed E-state index contributed by atoms with van der Waals surface area (Å²) in [6.45, 7) is 1.69. The minimum Gasteiger partial charge on any atom is -0.313 e. The maximum Gasteiger partial charge on any atom is 0.307 e. The summed E-state index contributed by atoms with van der Waals surface area (Å²) in [6.07, 6.45) is 2.02. The molecule has 0 aliphatic rings. The number of hydrogen-bond donors (Lipinski definition) is 1. The number of rotatable bonds is 6. The van der Waals surface area contributed by atoms with E-state index in [1.165, 1.54) is 16.9 Å². The molecular formula is C18H19Cl3N2OS. The fourth-order valence-electron chi connectivity index (χ4n) is 2.63. The van der Waals surface area contributed by atoms with E-state index < -0.39 is 0 Å². The zero-order valence-electron chi connectivity index (χ0n) is 13.7. The van der Waals surface area contributed by atoms with Crippen LogP contribution >= 0.6 is 46.9 Å². The molecule has 0 atom stereocenters. The number of fused-ring (bicyclic) bond motifs is 1. The van der Waals surface area contributed by atoms with Crippen molar-refractivity contribution in [2.75, 3.05) is 6.54 Å². The van der Waals surface area contributed by atoms with Crippen LogP contribution in [-0.2, 0) is 20.0 Å². The summed E-state index contributed by atoms with van der Waals surface area (Å²) in [6, 6.07) is 12.0. The van der Waals surface area contributed by atoms with Crippen molar-refractivity contribution < 1.29 is 0 Å². The van der Waals surface area contributed by atoms with E-state index >= 15 is 0 Å². The molecule has 25 heavy (non-hydrogen) atoms. The highest BCUT2D eigenvalue weighted by atomic mass is 35.5. The second kappa shape index (κ2) is 9.06. The predicted octanol–water partition coefficient (Wildman–Crippen LogP) is 5.05. The van der Waals surface area contributed by atoms with Crippen LogP contribution < -0.4 is 10.2 Å². The zero-order chi connectivity index (χ0) is 17.1. The lowest BCUT2D eigenvalue weighted by molar-refractivity contribution is 0.649. The lowest BCUT2D eigenvalue weighted by Crippen LogP contribution is -2.15. The molecule has 0 unspecified atom stereocenters. The molecule has 134 valence electrons. The summed E-state index contributed by atoms with van der Waals surface area (Å²) in [5, 5.41) is 4.59. The van der Waals surface area contributed by atoms with Crippen molar-refractivity contribution in [2.45, 2.75) is 19.4 Å². The highest BCUT2D eigenvalue weighted by Gasteiger charge is 2.05. The Morgan fingerprint density at radius 3 is 2.60 bits per heavy atom. The second-order valence-corrected chi connectivity index (χ2v) is 7.57.